The smallest absolute Gasteiger partial charge is 0.160 e. The van der Waals surface area contributed by atoms with Crippen LogP contribution in [0.3, 0.4) is 0 Å². The third kappa shape index (κ3) is 3.59. The molecule has 5 heteroatoms. The minimum Gasteiger partial charge on any atom is -0.504 e. The number of benzene rings is 1. The van der Waals surface area contributed by atoms with Crippen molar-refractivity contribution in [2.45, 2.75) is 18.6 Å². The number of rotatable bonds is 6. The number of ether oxygens (including phenoxy) is 1. The number of nitrogens with one attached hydrogen (secondary N) is 1. The third-order valence-electron chi connectivity index (χ3n) is 2.60. The second-order valence-corrected chi connectivity index (χ2v) is 3.84. The Morgan fingerprint density at radius 1 is 1.35 bits per heavy atom. The highest BCUT2D eigenvalue weighted by Crippen LogP contribution is 2.30. The predicted octanol–water partition coefficient (Wildman–Crippen LogP) is 0.405. The fourth-order valence-corrected chi connectivity index (χ4v) is 1.55. The van der Waals surface area contributed by atoms with Gasteiger partial charge in [0.05, 0.1) is 13.2 Å². The molecule has 0 saturated heterocycles. The molecule has 1 aromatic rings. The average Bonchev–Trinajstić information content (AvgIpc) is 2.35. The summed E-state index contributed by atoms with van der Waals surface area (Å²) < 4.78 is 4.94. The van der Waals surface area contributed by atoms with Crippen molar-refractivity contribution in [3.8, 4) is 11.5 Å². The number of aliphatic hydroxyl groups excluding tert-OH is 2. The van der Waals surface area contributed by atoms with E-state index in [0.29, 0.717) is 18.5 Å². The van der Waals surface area contributed by atoms with Gasteiger partial charge in [0.1, 0.15) is 6.10 Å². The Bertz CT molecular complexity index is 356. The zero-order valence-electron chi connectivity index (χ0n) is 10.1. The van der Waals surface area contributed by atoms with Crippen LogP contribution in [0.4, 0.5) is 0 Å². The van der Waals surface area contributed by atoms with Gasteiger partial charge in [-0.3, -0.25) is 0 Å². The summed E-state index contributed by atoms with van der Waals surface area (Å²) >= 11 is 0. The van der Waals surface area contributed by atoms with E-state index in [-0.39, 0.29) is 11.5 Å². The summed E-state index contributed by atoms with van der Waals surface area (Å²) in [5.74, 6) is 0.288. The lowest BCUT2D eigenvalue weighted by Crippen LogP contribution is -2.23. The van der Waals surface area contributed by atoms with Crippen LogP contribution in [0.5, 0.6) is 11.5 Å². The minimum absolute atomic E-state index is 0.00756. The van der Waals surface area contributed by atoms with Gasteiger partial charge in [-0.25, -0.2) is 0 Å². The highest BCUT2D eigenvalue weighted by molar-refractivity contribution is 5.42. The lowest BCUT2D eigenvalue weighted by molar-refractivity contribution is 0.0139. The van der Waals surface area contributed by atoms with Gasteiger partial charge in [-0.1, -0.05) is 6.07 Å². The van der Waals surface area contributed by atoms with Gasteiger partial charge in [-0.2, -0.15) is 0 Å². The summed E-state index contributed by atoms with van der Waals surface area (Å²) in [5.41, 5.74) is 0.517. The Balaban J connectivity index is 2.77. The molecule has 0 spiro atoms. The quantitative estimate of drug-likeness (QED) is 0.580. The maximum atomic E-state index is 9.91. The number of phenolic OH excluding ortho intramolecular Hbond substituents is 1. The van der Waals surface area contributed by atoms with Crippen molar-refractivity contribution >= 4 is 0 Å². The molecule has 0 aromatic heterocycles. The van der Waals surface area contributed by atoms with Gasteiger partial charge < -0.3 is 25.4 Å². The first-order valence-electron chi connectivity index (χ1n) is 5.47. The molecule has 0 bridgehead atoms. The Morgan fingerprint density at radius 3 is 2.65 bits per heavy atom. The SMILES string of the molecule is CNCCC(O)C(O)c1ccc(O)c(OC)c1. The van der Waals surface area contributed by atoms with E-state index in [2.05, 4.69) is 5.32 Å². The van der Waals surface area contributed by atoms with E-state index in [4.69, 9.17) is 4.74 Å². The first-order valence-corrected chi connectivity index (χ1v) is 5.47. The van der Waals surface area contributed by atoms with E-state index >= 15 is 0 Å². The van der Waals surface area contributed by atoms with Crippen molar-refractivity contribution in [1.29, 1.82) is 0 Å². The van der Waals surface area contributed by atoms with Gasteiger partial charge in [0.2, 0.25) is 0 Å². The number of phenols is 1. The zero-order valence-corrected chi connectivity index (χ0v) is 10.1. The number of aromatic hydroxyl groups is 1. The molecule has 0 amide bonds. The Hall–Kier alpha value is -1.30. The Labute approximate surface area is 101 Å². The molecule has 2 atom stereocenters. The zero-order chi connectivity index (χ0) is 12.8. The molecule has 4 N–H and O–H groups in total. The molecule has 96 valence electrons. The summed E-state index contributed by atoms with van der Waals surface area (Å²) in [7, 11) is 3.21. The van der Waals surface area contributed by atoms with Crippen LogP contribution in [0.15, 0.2) is 18.2 Å². The van der Waals surface area contributed by atoms with E-state index in [1.807, 2.05) is 0 Å². The van der Waals surface area contributed by atoms with Crippen molar-refractivity contribution in [3.05, 3.63) is 23.8 Å². The highest BCUT2D eigenvalue weighted by Gasteiger charge is 2.19. The first kappa shape index (κ1) is 13.8. The fourth-order valence-electron chi connectivity index (χ4n) is 1.55. The van der Waals surface area contributed by atoms with Crippen molar-refractivity contribution in [1.82, 2.24) is 5.32 Å². The van der Waals surface area contributed by atoms with Gasteiger partial charge in [0, 0.05) is 0 Å². The lowest BCUT2D eigenvalue weighted by atomic mass is 10.0. The molecule has 0 heterocycles. The maximum absolute atomic E-state index is 9.91. The normalized spacial score (nSPS) is 14.4. The second-order valence-electron chi connectivity index (χ2n) is 3.84. The molecule has 0 saturated carbocycles. The molecule has 0 fully saturated rings. The van der Waals surface area contributed by atoms with Crippen LogP contribution < -0.4 is 10.1 Å². The lowest BCUT2D eigenvalue weighted by Gasteiger charge is -2.18. The van der Waals surface area contributed by atoms with Crippen molar-refractivity contribution in [2.75, 3.05) is 20.7 Å². The highest BCUT2D eigenvalue weighted by atomic mass is 16.5. The maximum Gasteiger partial charge on any atom is 0.160 e. The monoisotopic (exact) mass is 241 g/mol. The van der Waals surface area contributed by atoms with Crippen molar-refractivity contribution < 1.29 is 20.1 Å². The average molecular weight is 241 g/mol. The molecule has 0 aliphatic heterocycles. The van der Waals surface area contributed by atoms with Crippen LogP contribution >= 0.6 is 0 Å². The van der Waals surface area contributed by atoms with Crippen LogP contribution in [-0.4, -0.2) is 42.1 Å². The topological polar surface area (TPSA) is 82.0 Å². The van der Waals surface area contributed by atoms with Crippen LogP contribution in [0, 0.1) is 0 Å². The van der Waals surface area contributed by atoms with Gasteiger partial charge in [0.25, 0.3) is 0 Å². The number of hydrogen-bond acceptors (Lipinski definition) is 5. The predicted molar refractivity (Wildman–Crippen MR) is 64.2 cm³/mol. The molecule has 17 heavy (non-hydrogen) atoms. The van der Waals surface area contributed by atoms with E-state index in [9.17, 15) is 15.3 Å². The Morgan fingerprint density at radius 2 is 2.06 bits per heavy atom. The van der Waals surface area contributed by atoms with E-state index in [1.165, 1.54) is 19.2 Å². The molecular formula is C12H19NO4. The van der Waals surface area contributed by atoms with E-state index < -0.39 is 12.2 Å². The summed E-state index contributed by atoms with van der Waals surface area (Å²) in [4.78, 5) is 0. The van der Waals surface area contributed by atoms with Crippen LogP contribution in [0.25, 0.3) is 0 Å². The Kier molecular flexibility index (Phi) is 5.21. The van der Waals surface area contributed by atoms with E-state index in [0.717, 1.165) is 0 Å². The summed E-state index contributed by atoms with van der Waals surface area (Å²) in [6.45, 7) is 0.618. The van der Waals surface area contributed by atoms with Crippen LogP contribution in [0.2, 0.25) is 0 Å². The third-order valence-corrected chi connectivity index (χ3v) is 2.60. The fraction of sp³-hybridized carbons (Fsp3) is 0.500. The van der Waals surface area contributed by atoms with Crippen molar-refractivity contribution in [2.24, 2.45) is 0 Å². The summed E-state index contributed by atoms with van der Waals surface area (Å²) in [6, 6.07) is 4.51. The molecule has 5 nitrogen and oxygen atoms in total. The molecule has 1 rings (SSSR count). The standard InChI is InChI=1S/C12H19NO4/c1-13-6-5-10(15)12(16)8-3-4-9(14)11(7-8)17-2/h3-4,7,10,12-16H,5-6H2,1-2H3. The molecular weight excluding hydrogens is 222 g/mol. The van der Waals surface area contributed by atoms with Gasteiger partial charge in [-0.05, 0) is 37.7 Å². The molecule has 0 aliphatic rings. The number of hydrogen-bond donors (Lipinski definition) is 4. The first-order chi connectivity index (χ1) is 8.10. The molecule has 0 radical (unpaired) electrons. The largest absolute Gasteiger partial charge is 0.504 e. The molecule has 1 aromatic carbocycles. The number of methoxy groups -OCH3 is 1. The second kappa shape index (κ2) is 6.44. The summed E-state index contributed by atoms with van der Waals surface area (Å²) in [5, 5.41) is 32.0. The van der Waals surface area contributed by atoms with Gasteiger partial charge in [-0.15, -0.1) is 0 Å². The molecule has 2 unspecified atom stereocenters. The van der Waals surface area contributed by atoms with Crippen molar-refractivity contribution in [3.63, 3.8) is 0 Å². The molecule has 0 aliphatic carbocycles. The van der Waals surface area contributed by atoms with Crippen LogP contribution in [-0.2, 0) is 0 Å². The minimum atomic E-state index is -0.988. The summed E-state index contributed by atoms with van der Waals surface area (Å²) in [6.07, 6.45) is -1.39. The van der Waals surface area contributed by atoms with E-state index in [1.54, 1.807) is 13.1 Å². The van der Waals surface area contributed by atoms with Gasteiger partial charge >= 0.3 is 0 Å². The van der Waals surface area contributed by atoms with Crippen LogP contribution in [0.1, 0.15) is 18.1 Å². The van der Waals surface area contributed by atoms with Gasteiger partial charge in [0.15, 0.2) is 11.5 Å². The number of aliphatic hydroxyl groups is 2.